The van der Waals surface area contributed by atoms with Crippen molar-refractivity contribution in [1.29, 1.82) is 0 Å². The molecule has 0 radical (unpaired) electrons. The Balaban J connectivity index is 1.34. The Kier molecular flexibility index (Phi) is 7.28. The van der Waals surface area contributed by atoms with Gasteiger partial charge in [-0.15, -0.1) is 0 Å². The molecule has 1 fully saturated rings. The monoisotopic (exact) mass is 419 g/mol. The molecule has 1 saturated heterocycles. The molecule has 0 bridgehead atoms. The van der Waals surface area contributed by atoms with E-state index < -0.39 is 5.82 Å². The number of hydrogen-bond acceptors (Lipinski definition) is 8. The average Bonchev–Trinajstić information content (AvgIpc) is 2.75. The van der Waals surface area contributed by atoms with Crippen LogP contribution in [0.3, 0.4) is 0 Å². The van der Waals surface area contributed by atoms with Crippen LogP contribution in [0.15, 0.2) is 23.4 Å². The second-order valence-corrected chi connectivity index (χ2v) is 7.18. The molecule has 10 nitrogen and oxygen atoms in total. The lowest BCUT2D eigenvalue weighted by Gasteiger charge is -2.34. The predicted octanol–water partition coefficient (Wildman–Crippen LogP) is 0.563. The number of rotatable bonds is 8. The fraction of sp³-hybridized carbons (Fsp3) is 0.526. The lowest BCUT2D eigenvalue weighted by atomic mass is 10.2. The number of carbonyl (C=O) groups excluding carboxylic acids is 1. The highest BCUT2D eigenvalue weighted by Gasteiger charge is 2.22. The van der Waals surface area contributed by atoms with Gasteiger partial charge >= 0.3 is 0 Å². The fourth-order valence-electron chi connectivity index (χ4n) is 3.11. The summed E-state index contributed by atoms with van der Waals surface area (Å²) in [5.74, 6) is 0.0328. The molecule has 1 aliphatic rings. The summed E-state index contributed by atoms with van der Waals surface area (Å²) in [7, 11) is 0. The molecule has 1 aliphatic heterocycles. The van der Waals surface area contributed by atoms with Gasteiger partial charge in [0.25, 0.3) is 5.56 Å². The van der Waals surface area contributed by atoms with Crippen LogP contribution in [0.25, 0.3) is 0 Å². The van der Waals surface area contributed by atoms with E-state index >= 15 is 0 Å². The van der Waals surface area contributed by atoms with E-state index in [1.165, 1.54) is 0 Å². The van der Waals surface area contributed by atoms with Gasteiger partial charge in [0.05, 0.1) is 43.9 Å². The van der Waals surface area contributed by atoms with Crippen LogP contribution in [0.4, 0.5) is 16.0 Å². The maximum atomic E-state index is 12.9. The summed E-state index contributed by atoms with van der Waals surface area (Å²) < 4.78 is 18.6. The molecule has 30 heavy (non-hydrogen) atoms. The van der Waals surface area contributed by atoms with Crippen LogP contribution in [0.5, 0.6) is 0 Å². The van der Waals surface area contributed by atoms with E-state index in [1.807, 2.05) is 11.8 Å². The molecule has 2 aromatic heterocycles. The molecule has 0 aromatic carbocycles. The minimum Gasteiger partial charge on any atom is -0.379 e. The molecule has 1 amide bonds. The van der Waals surface area contributed by atoms with Crippen molar-refractivity contribution in [3.63, 3.8) is 0 Å². The maximum absolute atomic E-state index is 12.9. The van der Waals surface area contributed by atoms with Crippen LogP contribution in [-0.2, 0) is 9.53 Å². The number of carbonyl (C=O) groups is 1. The number of anilines is 2. The first-order valence-electron chi connectivity index (χ1n) is 9.83. The maximum Gasteiger partial charge on any atom is 0.269 e. The Morgan fingerprint density at radius 3 is 2.67 bits per heavy atom. The molecule has 0 saturated carbocycles. The predicted molar refractivity (Wildman–Crippen MR) is 109 cm³/mol. The van der Waals surface area contributed by atoms with E-state index in [2.05, 4.69) is 25.5 Å². The second kappa shape index (κ2) is 10.1. The van der Waals surface area contributed by atoms with E-state index in [4.69, 9.17) is 4.74 Å². The summed E-state index contributed by atoms with van der Waals surface area (Å²) in [6, 6.07) is -0.0401. The molecule has 11 heteroatoms. The summed E-state index contributed by atoms with van der Waals surface area (Å²) in [6.45, 7) is 6.69. The third-order valence-corrected chi connectivity index (χ3v) is 4.86. The standard InChI is InChI=1S/C19H26FN7O3/c1-13(24-16-11-23-25-18(29)14(16)2)12-30-8-3-17(28)26-4-6-27(7-5-26)19-21-9-15(20)10-22-19/h9-11,13H,3-8,12H2,1-2H3,(H2,24,25,29)/t13-/m0/s1. The number of nitrogens with one attached hydrogen (secondary N) is 2. The zero-order chi connectivity index (χ0) is 21.5. The Hall–Kier alpha value is -3.08. The van der Waals surface area contributed by atoms with Crippen molar-refractivity contribution in [3.05, 3.63) is 40.3 Å². The SMILES string of the molecule is Cc1c(N[C@@H](C)COCCC(=O)N2CCN(c3ncc(F)cn3)CC2)cn[nH]c1=O. The molecule has 3 rings (SSSR count). The summed E-state index contributed by atoms with van der Waals surface area (Å²) in [4.78, 5) is 35.6. The lowest BCUT2D eigenvalue weighted by molar-refractivity contribution is -0.132. The Morgan fingerprint density at radius 2 is 1.97 bits per heavy atom. The number of nitrogens with zero attached hydrogens (tertiary/aromatic N) is 5. The zero-order valence-corrected chi connectivity index (χ0v) is 17.1. The Labute approximate surface area is 173 Å². The minimum absolute atomic E-state index is 0.0323. The van der Waals surface area contributed by atoms with Crippen molar-refractivity contribution < 1.29 is 13.9 Å². The van der Waals surface area contributed by atoms with Crippen LogP contribution >= 0.6 is 0 Å². The third-order valence-electron chi connectivity index (χ3n) is 4.86. The summed E-state index contributed by atoms with van der Waals surface area (Å²) >= 11 is 0. The van der Waals surface area contributed by atoms with Gasteiger partial charge in [-0.2, -0.15) is 5.10 Å². The number of H-pyrrole nitrogens is 1. The molecule has 0 unspecified atom stereocenters. The minimum atomic E-state index is -0.471. The van der Waals surface area contributed by atoms with E-state index in [9.17, 15) is 14.0 Å². The summed E-state index contributed by atoms with van der Waals surface area (Å²) in [5.41, 5.74) is 0.996. The van der Waals surface area contributed by atoms with E-state index in [0.29, 0.717) is 63.0 Å². The van der Waals surface area contributed by atoms with Gasteiger partial charge in [-0.3, -0.25) is 9.59 Å². The highest BCUT2D eigenvalue weighted by atomic mass is 19.1. The summed E-state index contributed by atoms with van der Waals surface area (Å²) in [6.07, 6.45) is 4.14. The normalized spacial score (nSPS) is 15.2. The van der Waals surface area contributed by atoms with Crippen LogP contribution in [0.2, 0.25) is 0 Å². The highest BCUT2D eigenvalue weighted by Crippen LogP contribution is 2.12. The van der Waals surface area contributed by atoms with E-state index in [-0.39, 0.29) is 17.5 Å². The fourth-order valence-corrected chi connectivity index (χ4v) is 3.11. The molecular weight excluding hydrogens is 393 g/mol. The van der Waals surface area contributed by atoms with Crippen LogP contribution in [0.1, 0.15) is 18.9 Å². The van der Waals surface area contributed by atoms with Gasteiger partial charge in [0.15, 0.2) is 5.82 Å². The van der Waals surface area contributed by atoms with Crippen LogP contribution < -0.4 is 15.8 Å². The molecule has 1 atom stereocenters. The Morgan fingerprint density at radius 1 is 1.27 bits per heavy atom. The average molecular weight is 419 g/mol. The first kappa shape index (κ1) is 21.6. The molecule has 0 spiro atoms. The van der Waals surface area contributed by atoms with Gasteiger partial charge in [0, 0.05) is 37.8 Å². The van der Waals surface area contributed by atoms with Gasteiger partial charge in [0.1, 0.15) is 0 Å². The van der Waals surface area contributed by atoms with Crippen molar-refractivity contribution in [2.45, 2.75) is 26.3 Å². The molecule has 0 aliphatic carbocycles. The van der Waals surface area contributed by atoms with E-state index in [0.717, 1.165) is 12.4 Å². The molecule has 2 N–H and O–H groups in total. The van der Waals surface area contributed by atoms with Crippen LogP contribution in [-0.4, -0.2) is 76.4 Å². The largest absolute Gasteiger partial charge is 0.379 e. The number of halogens is 1. The Bertz CT molecular complexity index is 898. The van der Waals surface area contributed by atoms with Gasteiger partial charge in [0.2, 0.25) is 11.9 Å². The van der Waals surface area contributed by atoms with Crippen LogP contribution in [0, 0.1) is 12.7 Å². The zero-order valence-electron chi connectivity index (χ0n) is 17.1. The lowest BCUT2D eigenvalue weighted by Crippen LogP contribution is -2.49. The second-order valence-electron chi connectivity index (χ2n) is 7.18. The first-order chi connectivity index (χ1) is 14.4. The highest BCUT2D eigenvalue weighted by molar-refractivity contribution is 5.76. The molecule has 3 heterocycles. The molecular formula is C19H26FN7O3. The number of hydrogen-bond donors (Lipinski definition) is 2. The number of ether oxygens (including phenoxy) is 1. The van der Waals surface area contributed by atoms with Crippen molar-refractivity contribution >= 4 is 17.5 Å². The quantitative estimate of drug-likeness (QED) is 0.597. The third kappa shape index (κ3) is 5.72. The molecule has 162 valence electrons. The van der Waals surface area contributed by atoms with Crippen molar-refractivity contribution in [2.24, 2.45) is 0 Å². The van der Waals surface area contributed by atoms with Crippen molar-refractivity contribution in [3.8, 4) is 0 Å². The van der Waals surface area contributed by atoms with Gasteiger partial charge in [-0.05, 0) is 13.8 Å². The molecule has 2 aromatic rings. The smallest absolute Gasteiger partial charge is 0.269 e. The summed E-state index contributed by atoms with van der Waals surface area (Å²) in [5, 5.41) is 9.34. The topological polar surface area (TPSA) is 116 Å². The number of amides is 1. The van der Waals surface area contributed by atoms with E-state index in [1.54, 1.807) is 18.0 Å². The van der Waals surface area contributed by atoms with Crippen molar-refractivity contribution in [1.82, 2.24) is 25.1 Å². The first-order valence-corrected chi connectivity index (χ1v) is 9.83. The van der Waals surface area contributed by atoms with Gasteiger partial charge < -0.3 is 19.9 Å². The van der Waals surface area contributed by atoms with Gasteiger partial charge in [-0.25, -0.2) is 19.5 Å². The number of aromatic nitrogens is 4. The number of aromatic amines is 1. The van der Waals surface area contributed by atoms with Crippen molar-refractivity contribution in [2.75, 3.05) is 49.6 Å². The number of piperazine rings is 1. The van der Waals surface area contributed by atoms with Gasteiger partial charge in [-0.1, -0.05) is 0 Å².